The molecule has 0 unspecified atom stereocenters. The van der Waals surface area contributed by atoms with E-state index in [0.29, 0.717) is 41.8 Å². The summed E-state index contributed by atoms with van der Waals surface area (Å²) in [6, 6.07) is 3.29. The van der Waals surface area contributed by atoms with Gasteiger partial charge in [0.1, 0.15) is 0 Å². The highest BCUT2D eigenvalue weighted by Crippen LogP contribution is 2.36. The van der Waals surface area contributed by atoms with Crippen molar-refractivity contribution in [2.75, 3.05) is 33.4 Å². The van der Waals surface area contributed by atoms with E-state index < -0.39 is 0 Å². The molecule has 1 aromatic carbocycles. The minimum atomic E-state index is -0.166. The summed E-state index contributed by atoms with van der Waals surface area (Å²) in [7, 11) is 1.88. The molecule has 5 nitrogen and oxygen atoms in total. The molecule has 0 bridgehead atoms. The zero-order valence-corrected chi connectivity index (χ0v) is 14.3. The first-order valence-corrected chi connectivity index (χ1v) is 8.03. The first kappa shape index (κ1) is 18.6. The molecule has 22 heavy (non-hydrogen) atoms. The number of rotatable bonds is 10. The summed E-state index contributed by atoms with van der Waals surface area (Å²) in [5, 5.41) is 6.28. The smallest absolute Gasteiger partial charge is 0.251 e. The highest BCUT2D eigenvalue weighted by atomic mass is 35.5. The fourth-order valence-corrected chi connectivity index (χ4v) is 2.14. The molecule has 0 aromatic heterocycles. The lowest BCUT2D eigenvalue weighted by molar-refractivity contribution is 0.0952. The van der Waals surface area contributed by atoms with Crippen molar-refractivity contribution in [2.24, 2.45) is 0 Å². The van der Waals surface area contributed by atoms with Crippen LogP contribution < -0.4 is 20.1 Å². The monoisotopic (exact) mass is 328 g/mol. The molecule has 6 heteroatoms. The average Bonchev–Trinajstić information content (AvgIpc) is 2.50. The molecule has 0 radical (unpaired) electrons. The van der Waals surface area contributed by atoms with Crippen LogP contribution in [0.3, 0.4) is 0 Å². The van der Waals surface area contributed by atoms with Gasteiger partial charge >= 0.3 is 0 Å². The van der Waals surface area contributed by atoms with Crippen LogP contribution in [0.15, 0.2) is 12.1 Å². The zero-order chi connectivity index (χ0) is 16.4. The molecule has 0 saturated carbocycles. The van der Waals surface area contributed by atoms with Crippen LogP contribution in [0.4, 0.5) is 0 Å². The van der Waals surface area contributed by atoms with Gasteiger partial charge in [-0.1, -0.05) is 18.5 Å². The Labute approximate surface area is 137 Å². The SMILES string of the molecule is CCCOc1c(Cl)cc(C(=O)NCCCNC)cc1OCC. The Kier molecular flexibility index (Phi) is 8.70. The van der Waals surface area contributed by atoms with Gasteiger partial charge in [-0.15, -0.1) is 0 Å². The number of carbonyl (C=O) groups is 1. The van der Waals surface area contributed by atoms with Gasteiger partial charge in [-0.05, 0) is 45.5 Å². The molecule has 124 valence electrons. The van der Waals surface area contributed by atoms with Gasteiger partial charge in [0.25, 0.3) is 5.91 Å². The van der Waals surface area contributed by atoms with Gasteiger partial charge in [0.2, 0.25) is 0 Å². The number of nitrogens with one attached hydrogen (secondary N) is 2. The number of ether oxygens (including phenoxy) is 2. The van der Waals surface area contributed by atoms with Crippen molar-refractivity contribution in [3.8, 4) is 11.5 Å². The summed E-state index contributed by atoms with van der Waals surface area (Å²) in [6.45, 7) is 6.38. The lowest BCUT2D eigenvalue weighted by Gasteiger charge is -2.15. The van der Waals surface area contributed by atoms with Gasteiger partial charge in [-0.3, -0.25) is 4.79 Å². The number of hydrogen-bond donors (Lipinski definition) is 2. The lowest BCUT2D eigenvalue weighted by Crippen LogP contribution is -2.26. The Balaban J connectivity index is 2.85. The van der Waals surface area contributed by atoms with E-state index in [1.54, 1.807) is 12.1 Å². The molecule has 0 heterocycles. The molecule has 0 fully saturated rings. The largest absolute Gasteiger partial charge is 0.490 e. The van der Waals surface area contributed by atoms with Crippen LogP contribution in [0, 0.1) is 0 Å². The molecule has 0 atom stereocenters. The van der Waals surface area contributed by atoms with Crippen LogP contribution in [0.1, 0.15) is 37.0 Å². The summed E-state index contributed by atoms with van der Waals surface area (Å²) in [5.41, 5.74) is 0.474. The fourth-order valence-electron chi connectivity index (χ4n) is 1.88. The maximum atomic E-state index is 12.2. The molecule has 2 N–H and O–H groups in total. The van der Waals surface area contributed by atoms with E-state index in [4.69, 9.17) is 21.1 Å². The minimum absolute atomic E-state index is 0.166. The Morgan fingerprint density at radius 2 is 2.00 bits per heavy atom. The maximum absolute atomic E-state index is 12.2. The Morgan fingerprint density at radius 3 is 2.64 bits per heavy atom. The molecular formula is C16H25ClN2O3. The second kappa shape index (κ2) is 10.3. The number of halogens is 1. The lowest BCUT2D eigenvalue weighted by atomic mass is 10.2. The van der Waals surface area contributed by atoms with Crippen LogP contribution in [-0.2, 0) is 0 Å². The molecule has 0 aliphatic rings. The second-order valence-electron chi connectivity index (χ2n) is 4.78. The fraction of sp³-hybridized carbons (Fsp3) is 0.562. The molecule has 0 spiro atoms. The van der Waals surface area contributed by atoms with Crippen molar-refractivity contribution >= 4 is 17.5 Å². The predicted octanol–water partition coefficient (Wildman–Crippen LogP) is 2.87. The summed E-state index contributed by atoms with van der Waals surface area (Å²) in [5.74, 6) is 0.835. The highest BCUT2D eigenvalue weighted by Gasteiger charge is 2.16. The molecule has 1 rings (SSSR count). The van der Waals surface area contributed by atoms with Crippen LogP contribution >= 0.6 is 11.6 Å². The molecule has 0 aliphatic carbocycles. The highest BCUT2D eigenvalue weighted by molar-refractivity contribution is 6.32. The van der Waals surface area contributed by atoms with Crippen LogP contribution in [0.5, 0.6) is 11.5 Å². The Morgan fingerprint density at radius 1 is 1.23 bits per heavy atom. The maximum Gasteiger partial charge on any atom is 0.251 e. The first-order chi connectivity index (χ1) is 10.6. The van der Waals surface area contributed by atoms with E-state index in [0.717, 1.165) is 19.4 Å². The van der Waals surface area contributed by atoms with Crippen molar-refractivity contribution in [1.29, 1.82) is 0 Å². The molecular weight excluding hydrogens is 304 g/mol. The van der Waals surface area contributed by atoms with Crippen molar-refractivity contribution in [3.05, 3.63) is 22.7 Å². The van der Waals surface area contributed by atoms with E-state index >= 15 is 0 Å². The van der Waals surface area contributed by atoms with E-state index in [1.807, 2.05) is 20.9 Å². The van der Waals surface area contributed by atoms with Crippen LogP contribution in [0.25, 0.3) is 0 Å². The van der Waals surface area contributed by atoms with Crippen LogP contribution in [-0.4, -0.2) is 39.3 Å². The van der Waals surface area contributed by atoms with Crippen molar-refractivity contribution in [3.63, 3.8) is 0 Å². The average molecular weight is 329 g/mol. The standard InChI is InChI=1S/C16H25ClN2O3/c1-4-9-22-15-13(17)10-12(11-14(15)21-5-2)16(20)19-8-6-7-18-3/h10-11,18H,4-9H2,1-3H3,(H,19,20). The van der Waals surface area contributed by atoms with Crippen LogP contribution in [0.2, 0.25) is 5.02 Å². The Bertz CT molecular complexity index is 481. The van der Waals surface area contributed by atoms with Crippen molar-refractivity contribution in [2.45, 2.75) is 26.7 Å². The van der Waals surface area contributed by atoms with Gasteiger partial charge in [-0.2, -0.15) is 0 Å². The third-order valence-corrected chi connectivity index (χ3v) is 3.19. The second-order valence-corrected chi connectivity index (χ2v) is 5.19. The van der Waals surface area contributed by atoms with Gasteiger partial charge in [0, 0.05) is 12.1 Å². The third kappa shape index (κ3) is 5.73. The molecule has 0 aliphatic heterocycles. The van der Waals surface area contributed by atoms with Crippen molar-refractivity contribution in [1.82, 2.24) is 10.6 Å². The van der Waals surface area contributed by atoms with E-state index in [2.05, 4.69) is 10.6 Å². The minimum Gasteiger partial charge on any atom is -0.490 e. The van der Waals surface area contributed by atoms with Crippen molar-refractivity contribution < 1.29 is 14.3 Å². The number of hydrogen-bond acceptors (Lipinski definition) is 4. The van der Waals surface area contributed by atoms with Gasteiger partial charge in [0.15, 0.2) is 11.5 Å². The summed E-state index contributed by atoms with van der Waals surface area (Å²) < 4.78 is 11.2. The summed E-state index contributed by atoms with van der Waals surface area (Å²) in [4.78, 5) is 12.2. The number of benzene rings is 1. The quantitative estimate of drug-likeness (QED) is 0.648. The normalized spacial score (nSPS) is 10.4. The van der Waals surface area contributed by atoms with E-state index in [1.165, 1.54) is 0 Å². The summed E-state index contributed by atoms with van der Waals surface area (Å²) in [6.07, 6.45) is 1.74. The third-order valence-electron chi connectivity index (χ3n) is 2.91. The number of amides is 1. The predicted molar refractivity (Wildman–Crippen MR) is 89.3 cm³/mol. The Hall–Kier alpha value is -1.46. The van der Waals surface area contributed by atoms with Gasteiger partial charge < -0.3 is 20.1 Å². The zero-order valence-electron chi connectivity index (χ0n) is 13.5. The summed E-state index contributed by atoms with van der Waals surface area (Å²) >= 11 is 6.24. The van der Waals surface area contributed by atoms with E-state index in [-0.39, 0.29) is 5.91 Å². The topological polar surface area (TPSA) is 59.6 Å². The first-order valence-electron chi connectivity index (χ1n) is 7.65. The van der Waals surface area contributed by atoms with Gasteiger partial charge in [-0.25, -0.2) is 0 Å². The molecule has 0 saturated heterocycles. The molecule has 1 amide bonds. The number of carbonyl (C=O) groups excluding carboxylic acids is 1. The molecule has 1 aromatic rings. The van der Waals surface area contributed by atoms with E-state index in [9.17, 15) is 4.79 Å². The van der Waals surface area contributed by atoms with Gasteiger partial charge in [0.05, 0.1) is 18.2 Å².